The number of aromatic nitrogens is 1. The molecule has 0 bridgehead atoms. The number of phenols is 1. The van der Waals surface area contributed by atoms with E-state index < -0.39 is 0 Å². The first-order valence-corrected chi connectivity index (χ1v) is 6.21. The molecular formula is C15H18N2O2. The molecule has 2 rings (SSSR count). The van der Waals surface area contributed by atoms with Gasteiger partial charge in [-0.1, -0.05) is 12.1 Å². The number of rotatable bonds is 5. The van der Waals surface area contributed by atoms with Crippen LogP contribution in [0.15, 0.2) is 42.7 Å². The van der Waals surface area contributed by atoms with E-state index in [1.165, 1.54) is 0 Å². The molecule has 1 heterocycles. The number of ether oxygens (including phenoxy) is 1. The van der Waals surface area contributed by atoms with Crippen molar-refractivity contribution in [2.45, 2.75) is 19.4 Å². The summed E-state index contributed by atoms with van der Waals surface area (Å²) in [6.07, 6.45) is 4.17. The van der Waals surface area contributed by atoms with Gasteiger partial charge in [-0.2, -0.15) is 0 Å². The lowest BCUT2D eigenvalue weighted by atomic mass is 10.1. The van der Waals surface area contributed by atoms with Gasteiger partial charge in [0.05, 0.1) is 6.20 Å². The van der Waals surface area contributed by atoms with Crippen molar-refractivity contribution in [2.24, 2.45) is 5.73 Å². The molecule has 0 radical (unpaired) electrons. The number of hydrogen-bond acceptors (Lipinski definition) is 4. The molecule has 100 valence electrons. The van der Waals surface area contributed by atoms with Gasteiger partial charge in [-0.05, 0) is 42.7 Å². The van der Waals surface area contributed by atoms with E-state index in [1.807, 2.05) is 25.1 Å². The van der Waals surface area contributed by atoms with Crippen molar-refractivity contribution in [2.75, 3.05) is 6.61 Å². The highest BCUT2D eigenvalue weighted by Crippen LogP contribution is 2.13. The fourth-order valence-electron chi connectivity index (χ4n) is 1.80. The Balaban J connectivity index is 1.84. The molecular weight excluding hydrogens is 240 g/mol. The zero-order chi connectivity index (χ0) is 13.7. The minimum absolute atomic E-state index is 0.0925. The second-order valence-electron chi connectivity index (χ2n) is 4.64. The van der Waals surface area contributed by atoms with Crippen molar-refractivity contribution in [1.82, 2.24) is 4.98 Å². The molecule has 0 aliphatic heterocycles. The maximum absolute atomic E-state index is 9.21. The summed E-state index contributed by atoms with van der Waals surface area (Å²) in [7, 11) is 0. The molecule has 19 heavy (non-hydrogen) atoms. The number of benzene rings is 1. The first-order chi connectivity index (χ1) is 9.13. The smallest absolute Gasteiger partial charge is 0.137 e. The summed E-state index contributed by atoms with van der Waals surface area (Å²) in [5, 5.41) is 9.21. The standard InChI is InChI=1S/C15H18N2O2/c1-11-6-15(9-17-8-11)19-10-13(16)7-12-2-4-14(18)5-3-12/h2-6,8-9,13,18H,7,10,16H2,1H3. The summed E-state index contributed by atoms with van der Waals surface area (Å²) >= 11 is 0. The van der Waals surface area contributed by atoms with Gasteiger partial charge in [-0.15, -0.1) is 0 Å². The van der Waals surface area contributed by atoms with Gasteiger partial charge in [0.25, 0.3) is 0 Å². The molecule has 2 aromatic rings. The predicted molar refractivity (Wildman–Crippen MR) is 74.3 cm³/mol. The first-order valence-electron chi connectivity index (χ1n) is 6.21. The Bertz CT molecular complexity index is 526. The summed E-state index contributed by atoms with van der Waals surface area (Å²) in [6.45, 7) is 2.41. The highest BCUT2D eigenvalue weighted by molar-refractivity contribution is 5.26. The molecule has 1 atom stereocenters. The average molecular weight is 258 g/mol. The minimum atomic E-state index is -0.0925. The van der Waals surface area contributed by atoms with Crippen molar-refractivity contribution >= 4 is 0 Å². The van der Waals surface area contributed by atoms with Gasteiger partial charge in [0.15, 0.2) is 0 Å². The number of hydrogen-bond donors (Lipinski definition) is 2. The Kier molecular flexibility index (Phi) is 4.36. The molecule has 0 saturated carbocycles. The maximum Gasteiger partial charge on any atom is 0.137 e. The summed E-state index contributed by atoms with van der Waals surface area (Å²) in [5.74, 6) is 1.00. The molecule has 1 unspecified atom stereocenters. The SMILES string of the molecule is Cc1cncc(OCC(N)Cc2ccc(O)cc2)c1. The van der Waals surface area contributed by atoms with Crippen molar-refractivity contribution < 1.29 is 9.84 Å². The highest BCUT2D eigenvalue weighted by Gasteiger charge is 2.06. The van der Waals surface area contributed by atoms with E-state index in [4.69, 9.17) is 10.5 Å². The quantitative estimate of drug-likeness (QED) is 0.861. The molecule has 0 aliphatic rings. The van der Waals surface area contributed by atoms with Crippen LogP contribution in [0.3, 0.4) is 0 Å². The fraction of sp³-hybridized carbons (Fsp3) is 0.267. The summed E-state index contributed by atoms with van der Waals surface area (Å²) in [4.78, 5) is 4.06. The minimum Gasteiger partial charge on any atom is -0.508 e. The van der Waals surface area contributed by atoms with Crippen molar-refractivity contribution in [3.63, 3.8) is 0 Å². The van der Waals surface area contributed by atoms with E-state index in [0.717, 1.165) is 16.9 Å². The first kappa shape index (κ1) is 13.4. The zero-order valence-corrected chi connectivity index (χ0v) is 10.9. The van der Waals surface area contributed by atoms with E-state index in [9.17, 15) is 5.11 Å². The van der Waals surface area contributed by atoms with Crippen molar-refractivity contribution in [3.05, 3.63) is 53.9 Å². The van der Waals surface area contributed by atoms with Crippen LogP contribution in [-0.4, -0.2) is 22.7 Å². The molecule has 0 spiro atoms. The Hall–Kier alpha value is -2.07. The number of pyridine rings is 1. The second kappa shape index (κ2) is 6.20. The number of aromatic hydroxyl groups is 1. The van der Waals surface area contributed by atoms with E-state index in [0.29, 0.717) is 13.0 Å². The van der Waals surface area contributed by atoms with E-state index in [2.05, 4.69) is 4.98 Å². The zero-order valence-electron chi connectivity index (χ0n) is 10.9. The lowest BCUT2D eigenvalue weighted by Gasteiger charge is -2.13. The van der Waals surface area contributed by atoms with Crippen LogP contribution in [0.4, 0.5) is 0 Å². The van der Waals surface area contributed by atoms with Crippen LogP contribution in [0.1, 0.15) is 11.1 Å². The van der Waals surface area contributed by atoms with E-state index in [1.54, 1.807) is 24.5 Å². The Morgan fingerprint density at radius 1 is 1.26 bits per heavy atom. The molecule has 4 heteroatoms. The third-order valence-electron chi connectivity index (χ3n) is 2.75. The molecule has 0 amide bonds. The van der Waals surface area contributed by atoms with Gasteiger partial charge in [-0.25, -0.2) is 0 Å². The summed E-state index contributed by atoms with van der Waals surface area (Å²) in [6, 6.07) is 8.89. The largest absolute Gasteiger partial charge is 0.508 e. The van der Waals surface area contributed by atoms with Crippen LogP contribution in [-0.2, 0) is 6.42 Å². The van der Waals surface area contributed by atoms with Crippen LogP contribution in [0.2, 0.25) is 0 Å². The van der Waals surface area contributed by atoms with Crippen LogP contribution in [0.25, 0.3) is 0 Å². The average Bonchev–Trinajstić information content (AvgIpc) is 2.39. The fourth-order valence-corrected chi connectivity index (χ4v) is 1.80. The molecule has 3 N–H and O–H groups in total. The van der Waals surface area contributed by atoms with E-state index in [-0.39, 0.29) is 11.8 Å². The number of phenolic OH excluding ortho intramolecular Hbond substituents is 1. The lowest BCUT2D eigenvalue weighted by Crippen LogP contribution is -2.30. The highest BCUT2D eigenvalue weighted by atomic mass is 16.5. The van der Waals surface area contributed by atoms with Crippen molar-refractivity contribution in [3.8, 4) is 11.5 Å². The predicted octanol–water partition coefficient (Wildman–Crippen LogP) is 2.04. The van der Waals surface area contributed by atoms with Crippen LogP contribution in [0, 0.1) is 6.92 Å². The van der Waals surface area contributed by atoms with Crippen LogP contribution in [0.5, 0.6) is 11.5 Å². The Morgan fingerprint density at radius 2 is 2.00 bits per heavy atom. The number of aryl methyl sites for hydroxylation is 1. The van der Waals surface area contributed by atoms with Gasteiger partial charge in [0.2, 0.25) is 0 Å². The molecule has 1 aromatic heterocycles. The van der Waals surface area contributed by atoms with Gasteiger partial charge >= 0.3 is 0 Å². The Morgan fingerprint density at radius 3 is 2.68 bits per heavy atom. The normalized spacial score (nSPS) is 12.1. The van der Waals surface area contributed by atoms with Gasteiger partial charge in [0, 0.05) is 12.2 Å². The number of nitrogens with two attached hydrogens (primary N) is 1. The molecule has 4 nitrogen and oxygen atoms in total. The number of nitrogens with zero attached hydrogens (tertiary/aromatic N) is 1. The molecule has 0 aliphatic carbocycles. The second-order valence-corrected chi connectivity index (χ2v) is 4.64. The summed E-state index contributed by atoms with van der Waals surface area (Å²) < 4.78 is 5.61. The third-order valence-corrected chi connectivity index (χ3v) is 2.75. The van der Waals surface area contributed by atoms with Gasteiger partial charge < -0.3 is 15.6 Å². The lowest BCUT2D eigenvalue weighted by molar-refractivity contribution is 0.286. The molecule has 0 saturated heterocycles. The third kappa shape index (κ3) is 4.26. The van der Waals surface area contributed by atoms with Crippen molar-refractivity contribution in [1.29, 1.82) is 0 Å². The maximum atomic E-state index is 9.21. The monoisotopic (exact) mass is 258 g/mol. The molecule has 1 aromatic carbocycles. The van der Waals surface area contributed by atoms with Gasteiger partial charge in [-0.3, -0.25) is 4.98 Å². The van der Waals surface area contributed by atoms with Crippen LogP contribution < -0.4 is 10.5 Å². The Labute approximate surface area is 112 Å². The summed E-state index contributed by atoms with van der Waals surface area (Å²) in [5.41, 5.74) is 8.16. The van der Waals surface area contributed by atoms with E-state index >= 15 is 0 Å². The topological polar surface area (TPSA) is 68.4 Å². The van der Waals surface area contributed by atoms with Crippen LogP contribution >= 0.6 is 0 Å². The van der Waals surface area contributed by atoms with Gasteiger partial charge in [0.1, 0.15) is 18.1 Å². The molecule has 0 fully saturated rings.